The number of carboxylic acid groups (broad SMARTS) is 1. The maximum Gasteiger partial charge on any atom is 0.328 e. The second-order valence-electron chi connectivity index (χ2n) is 4.07. The second kappa shape index (κ2) is 6.71. The van der Waals surface area contributed by atoms with Crippen LogP contribution < -0.4 is 0 Å². The summed E-state index contributed by atoms with van der Waals surface area (Å²) in [7, 11) is 0. The lowest BCUT2D eigenvalue weighted by Gasteiger charge is -2.03. The van der Waals surface area contributed by atoms with E-state index in [9.17, 15) is 14.9 Å². The fourth-order valence-corrected chi connectivity index (χ4v) is 2.56. The van der Waals surface area contributed by atoms with Gasteiger partial charge in [0.1, 0.15) is 0 Å². The average molecular weight is 301 g/mol. The average Bonchev–Trinajstić information content (AvgIpc) is 2.47. The van der Waals surface area contributed by atoms with Gasteiger partial charge in [0.25, 0.3) is 5.69 Å². The summed E-state index contributed by atoms with van der Waals surface area (Å²) in [5.41, 5.74) is 0.821. The van der Waals surface area contributed by atoms with Crippen molar-refractivity contribution in [3.05, 3.63) is 70.3 Å². The Hall–Kier alpha value is -2.60. The third-order valence-corrected chi connectivity index (χ3v) is 3.66. The third kappa shape index (κ3) is 4.19. The fourth-order valence-electron chi connectivity index (χ4n) is 1.64. The molecule has 0 aliphatic rings. The van der Waals surface area contributed by atoms with Gasteiger partial charge in [0, 0.05) is 17.0 Å². The summed E-state index contributed by atoms with van der Waals surface area (Å²) in [5, 5.41) is 19.5. The smallest absolute Gasteiger partial charge is 0.328 e. The number of hydrogen-bond acceptors (Lipinski definition) is 4. The van der Waals surface area contributed by atoms with Crippen molar-refractivity contribution in [2.75, 3.05) is 0 Å². The van der Waals surface area contributed by atoms with Crippen molar-refractivity contribution in [2.45, 2.75) is 9.79 Å². The lowest BCUT2D eigenvalue weighted by atomic mass is 10.2. The van der Waals surface area contributed by atoms with Crippen LogP contribution in [0.2, 0.25) is 0 Å². The first-order chi connectivity index (χ1) is 10.1. The SMILES string of the molecule is O=C(O)/C=C/c1ccc(Sc2ccccc2[N+](=O)[O-])cc1. The normalized spacial score (nSPS) is 10.7. The maximum absolute atomic E-state index is 10.9. The molecule has 1 N–H and O–H groups in total. The molecule has 0 saturated heterocycles. The van der Waals surface area contributed by atoms with Gasteiger partial charge in [0.15, 0.2) is 0 Å². The van der Waals surface area contributed by atoms with Crippen LogP contribution in [0.3, 0.4) is 0 Å². The van der Waals surface area contributed by atoms with Crippen LogP contribution in [-0.2, 0) is 4.79 Å². The molecule has 21 heavy (non-hydrogen) atoms. The summed E-state index contributed by atoms with van der Waals surface area (Å²) >= 11 is 1.29. The summed E-state index contributed by atoms with van der Waals surface area (Å²) in [6, 6.07) is 13.6. The topological polar surface area (TPSA) is 80.4 Å². The number of rotatable bonds is 5. The molecule has 0 aromatic heterocycles. The minimum atomic E-state index is -1.01. The van der Waals surface area contributed by atoms with Gasteiger partial charge in [-0.2, -0.15) is 0 Å². The van der Waals surface area contributed by atoms with Crippen molar-refractivity contribution in [3.63, 3.8) is 0 Å². The second-order valence-corrected chi connectivity index (χ2v) is 5.18. The molecule has 0 atom stereocenters. The zero-order valence-corrected chi connectivity index (χ0v) is 11.6. The van der Waals surface area contributed by atoms with Gasteiger partial charge in [-0.15, -0.1) is 0 Å². The van der Waals surface area contributed by atoms with E-state index in [1.807, 2.05) is 0 Å². The van der Waals surface area contributed by atoms with Crippen molar-refractivity contribution in [1.82, 2.24) is 0 Å². The maximum atomic E-state index is 10.9. The van der Waals surface area contributed by atoms with Crippen LogP contribution in [-0.4, -0.2) is 16.0 Å². The Morgan fingerprint density at radius 2 is 1.81 bits per heavy atom. The predicted octanol–water partition coefficient (Wildman–Crippen LogP) is 3.84. The van der Waals surface area contributed by atoms with Crippen LogP contribution in [0.4, 0.5) is 5.69 Å². The number of nitrogens with zero attached hydrogens (tertiary/aromatic N) is 1. The van der Waals surface area contributed by atoms with Gasteiger partial charge in [0.2, 0.25) is 0 Å². The zero-order valence-electron chi connectivity index (χ0n) is 10.8. The molecule has 0 heterocycles. The number of nitro groups is 1. The highest BCUT2D eigenvalue weighted by molar-refractivity contribution is 7.99. The monoisotopic (exact) mass is 301 g/mol. The third-order valence-electron chi connectivity index (χ3n) is 2.59. The molecule has 6 heteroatoms. The highest BCUT2D eigenvalue weighted by Crippen LogP contribution is 2.34. The molecule has 5 nitrogen and oxygen atoms in total. The molecule has 0 aliphatic carbocycles. The Morgan fingerprint density at radius 1 is 1.14 bits per heavy atom. The summed E-state index contributed by atoms with van der Waals surface area (Å²) < 4.78 is 0. The molecule has 0 bridgehead atoms. The van der Waals surface area contributed by atoms with Crippen LogP contribution in [0.5, 0.6) is 0 Å². The first kappa shape index (κ1) is 14.8. The number of aliphatic carboxylic acids is 1. The van der Waals surface area contributed by atoms with Gasteiger partial charge in [-0.3, -0.25) is 10.1 Å². The molecule has 0 saturated carbocycles. The molecule has 0 aliphatic heterocycles. The molecule has 106 valence electrons. The van der Waals surface area contributed by atoms with E-state index < -0.39 is 10.9 Å². The summed E-state index contributed by atoms with van der Waals surface area (Å²) in [4.78, 5) is 22.4. The molecule has 0 amide bonds. The van der Waals surface area contributed by atoms with Gasteiger partial charge in [-0.25, -0.2) is 4.79 Å². The van der Waals surface area contributed by atoms with E-state index in [1.54, 1.807) is 42.5 Å². The Bertz CT molecular complexity index is 695. The van der Waals surface area contributed by atoms with Crippen molar-refractivity contribution >= 4 is 29.5 Å². The quantitative estimate of drug-likeness (QED) is 0.515. The fraction of sp³-hybridized carbons (Fsp3) is 0. The summed E-state index contributed by atoms with van der Waals surface area (Å²) in [6.45, 7) is 0. The van der Waals surface area contributed by atoms with E-state index in [0.29, 0.717) is 4.90 Å². The van der Waals surface area contributed by atoms with Gasteiger partial charge >= 0.3 is 5.97 Å². The van der Waals surface area contributed by atoms with Crippen LogP contribution >= 0.6 is 11.8 Å². The van der Waals surface area contributed by atoms with Crippen molar-refractivity contribution in [3.8, 4) is 0 Å². The molecule has 2 rings (SSSR count). The Kier molecular flexibility index (Phi) is 4.73. The number of hydrogen-bond donors (Lipinski definition) is 1. The standard InChI is InChI=1S/C15H11NO4S/c17-15(18)10-7-11-5-8-12(9-6-11)21-14-4-2-1-3-13(14)16(19)20/h1-10H,(H,17,18)/b10-7+. The van der Waals surface area contributed by atoms with Gasteiger partial charge in [-0.05, 0) is 29.8 Å². The van der Waals surface area contributed by atoms with E-state index >= 15 is 0 Å². The Balaban J connectivity index is 2.18. The van der Waals surface area contributed by atoms with Crippen LogP contribution in [0.1, 0.15) is 5.56 Å². The predicted molar refractivity (Wildman–Crippen MR) is 80.3 cm³/mol. The highest BCUT2D eigenvalue weighted by Gasteiger charge is 2.13. The zero-order chi connectivity index (χ0) is 15.2. The largest absolute Gasteiger partial charge is 0.478 e. The highest BCUT2D eigenvalue weighted by atomic mass is 32.2. The molecule has 0 radical (unpaired) electrons. The van der Waals surface area contributed by atoms with Gasteiger partial charge in [-0.1, -0.05) is 36.0 Å². The lowest BCUT2D eigenvalue weighted by Crippen LogP contribution is -1.90. The van der Waals surface area contributed by atoms with Crippen molar-refractivity contribution in [2.24, 2.45) is 0 Å². The van der Waals surface area contributed by atoms with Crippen molar-refractivity contribution < 1.29 is 14.8 Å². The van der Waals surface area contributed by atoms with E-state index in [1.165, 1.54) is 23.9 Å². The summed E-state index contributed by atoms with van der Waals surface area (Å²) in [5.74, 6) is -1.01. The Labute approximate surface area is 125 Å². The van der Waals surface area contributed by atoms with E-state index in [4.69, 9.17) is 5.11 Å². The number of carbonyl (C=O) groups is 1. The number of nitro benzene ring substituents is 1. The van der Waals surface area contributed by atoms with E-state index in [2.05, 4.69) is 0 Å². The summed E-state index contributed by atoms with van der Waals surface area (Å²) in [6.07, 6.45) is 2.55. The molecular formula is C15H11NO4S. The van der Waals surface area contributed by atoms with Gasteiger partial charge in [0.05, 0.1) is 9.82 Å². The van der Waals surface area contributed by atoms with Crippen LogP contribution in [0, 0.1) is 10.1 Å². The van der Waals surface area contributed by atoms with Crippen molar-refractivity contribution in [1.29, 1.82) is 0 Å². The molecule has 0 fully saturated rings. The molecular weight excluding hydrogens is 290 g/mol. The lowest BCUT2D eigenvalue weighted by molar-refractivity contribution is -0.387. The van der Waals surface area contributed by atoms with E-state index in [0.717, 1.165) is 16.5 Å². The van der Waals surface area contributed by atoms with Gasteiger partial charge < -0.3 is 5.11 Å². The first-order valence-corrected chi connectivity index (χ1v) is 6.80. The number of carboxylic acids is 1. The minimum absolute atomic E-state index is 0.0670. The molecule has 0 unspecified atom stereocenters. The minimum Gasteiger partial charge on any atom is -0.478 e. The Morgan fingerprint density at radius 3 is 2.43 bits per heavy atom. The molecule has 2 aromatic carbocycles. The van der Waals surface area contributed by atoms with Crippen LogP contribution in [0.15, 0.2) is 64.4 Å². The van der Waals surface area contributed by atoms with Crippen LogP contribution in [0.25, 0.3) is 6.08 Å². The molecule has 0 spiro atoms. The number of para-hydroxylation sites is 1. The molecule has 2 aromatic rings. The number of benzene rings is 2. The first-order valence-electron chi connectivity index (χ1n) is 5.98. The van der Waals surface area contributed by atoms with E-state index in [-0.39, 0.29) is 5.69 Å².